The van der Waals surface area contributed by atoms with E-state index in [1.807, 2.05) is 30.3 Å². The summed E-state index contributed by atoms with van der Waals surface area (Å²) in [6.07, 6.45) is -0.0609. The third-order valence-electron chi connectivity index (χ3n) is 6.04. The Kier molecular flexibility index (Phi) is 5.83. The highest BCUT2D eigenvalue weighted by Crippen LogP contribution is 2.40. The minimum Gasteiger partial charge on any atom is -0.346 e. The highest BCUT2D eigenvalue weighted by atomic mass is 16.8. The molecule has 0 amide bonds. The second-order valence-corrected chi connectivity index (χ2v) is 8.01. The molecule has 2 aromatic rings. The Labute approximate surface area is 167 Å². The first kappa shape index (κ1) is 19.6. The van der Waals surface area contributed by atoms with E-state index in [0.717, 1.165) is 17.5 Å². The molecule has 2 fully saturated rings. The molecule has 2 heterocycles. The first-order valence-corrected chi connectivity index (χ1v) is 10.3. The van der Waals surface area contributed by atoms with Crippen LogP contribution in [0.25, 0.3) is 0 Å². The van der Waals surface area contributed by atoms with Crippen LogP contribution in [0.1, 0.15) is 55.1 Å². The molecule has 2 saturated heterocycles. The second kappa shape index (κ2) is 8.34. The van der Waals surface area contributed by atoms with Gasteiger partial charge in [-0.15, -0.1) is 0 Å². The fourth-order valence-corrected chi connectivity index (χ4v) is 3.91. The normalized spacial score (nSPS) is 31.2. The molecule has 0 N–H and O–H groups in total. The zero-order valence-corrected chi connectivity index (χ0v) is 17.1. The monoisotopic (exact) mass is 382 g/mol. The quantitative estimate of drug-likeness (QED) is 0.724. The summed E-state index contributed by atoms with van der Waals surface area (Å²) in [6.45, 7) is 9.15. The third-order valence-corrected chi connectivity index (χ3v) is 6.04. The fourth-order valence-electron chi connectivity index (χ4n) is 3.91. The molecule has 6 unspecified atom stereocenters. The maximum absolute atomic E-state index is 6.47. The van der Waals surface area contributed by atoms with Crippen molar-refractivity contribution in [3.8, 4) is 0 Å². The molecule has 0 radical (unpaired) electrons. The largest absolute Gasteiger partial charge is 0.346 e. The van der Waals surface area contributed by atoms with Gasteiger partial charge in [-0.05, 0) is 30.9 Å². The van der Waals surface area contributed by atoms with Gasteiger partial charge in [-0.1, -0.05) is 68.8 Å². The van der Waals surface area contributed by atoms with E-state index in [0.29, 0.717) is 12.5 Å². The van der Waals surface area contributed by atoms with E-state index in [-0.39, 0.29) is 30.9 Å². The van der Waals surface area contributed by atoms with Gasteiger partial charge in [0.2, 0.25) is 0 Å². The lowest BCUT2D eigenvalue weighted by molar-refractivity contribution is -0.369. The molecule has 28 heavy (non-hydrogen) atoms. The second-order valence-electron chi connectivity index (χ2n) is 8.01. The van der Waals surface area contributed by atoms with Gasteiger partial charge in [-0.2, -0.15) is 0 Å². The van der Waals surface area contributed by atoms with Crippen molar-refractivity contribution in [2.75, 3.05) is 6.61 Å². The van der Waals surface area contributed by atoms with E-state index in [9.17, 15) is 0 Å². The minimum atomic E-state index is -0.389. The van der Waals surface area contributed by atoms with E-state index in [1.165, 1.54) is 11.1 Å². The Hall–Kier alpha value is -1.72. The molecule has 0 spiro atoms. The van der Waals surface area contributed by atoms with Crippen molar-refractivity contribution in [2.24, 2.45) is 5.92 Å². The standard InChI is InChI=1S/C24H30O4/c1-5-15(2)21-22-20(14-25-23(28-22)18-9-7-6-8-10-18)26-24(27-21)19-12-11-16(3)17(4)13-19/h6-13,15,20-24H,5,14H2,1-4H3. The van der Waals surface area contributed by atoms with Crippen molar-refractivity contribution in [2.45, 2.75) is 65.0 Å². The molecule has 2 aliphatic rings. The topological polar surface area (TPSA) is 36.9 Å². The lowest BCUT2D eigenvalue weighted by Gasteiger charge is -2.47. The van der Waals surface area contributed by atoms with Crippen LogP contribution in [-0.4, -0.2) is 24.9 Å². The van der Waals surface area contributed by atoms with Crippen LogP contribution in [0.2, 0.25) is 0 Å². The molecule has 0 aromatic heterocycles. The average Bonchev–Trinajstić information content (AvgIpc) is 2.74. The van der Waals surface area contributed by atoms with Crippen LogP contribution >= 0.6 is 0 Å². The van der Waals surface area contributed by atoms with Gasteiger partial charge >= 0.3 is 0 Å². The van der Waals surface area contributed by atoms with E-state index >= 15 is 0 Å². The summed E-state index contributed by atoms with van der Waals surface area (Å²) in [6, 6.07) is 16.5. The van der Waals surface area contributed by atoms with Gasteiger partial charge in [-0.3, -0.25) is 0 Å². The zero-order valence-electron chi connectivity index (χ0n) is 17.1. The summed E-state index contributed by atoms with van der Waals surface area (Å²) in [4.78, 5) is 0. The molecule has 2 aliphatic heterocycles. The maximum atomic E-state index is 6.47. The van der Waals surface area contributed by atoms with Crippen LogP contribution in [-0.2, 0) is 18.9 Å². The van der Waals surface area contributed by atoms with Crippen molar-refractivity contribution in [1.82, 2.24) is 0 Å². The van der Waals surface area contributed by atoms with Gasteiger partial charge in [-0.25, -0.2) is 0 Å². The summed E-state index contributed by atoms with van der Waals surface area (Å²) in [5.41, 5.74) is 4.60. The summed E-state index contributed by atoms with van der Waals surface area (Å²) in [7, 11) is 0. The summed E-state index contributed by atoms with van der Waals surface area (Å²) < 4.78 is 25.2. The molecule has 0 saturated carbocycles. The van der Waals surface area contributed by atoms with Gasteiger partial charge in [0, 0.05) is 11.1 Å². The summed E-state index contributed by atoms with van der Waals surface area (Å²) >= 11 is 0. The summed E-state index contributed by atoms with van der Waals surface area (Å²) in [5, 5.41) is 0. The van der Waals surface area contributed by atoms with Crippen molar-refractivity contribution in [3.63, 3.8) is 0 Å². The number of benzene rings is 2. The van der Waals surface area contributed by atoms with Gasteiger partial charge in [0.05, 0.1) is 12.7 Å². The number of fused-ring (bicyclic) bond motifs is 1. The molecule has 0 aliphatic carbocycles. The van der Waals surface area contributed by atoms with E-state index in [4.69, 9.17) is 18.9 Å². The minimum absolute atomic E-state index is 0.0366. The average molecular weight is 383 g/mol. The fraction of sp³-hybridized carbons (Fsp3) is 0.500. The van der Waals surface area contributed by atoms with Crippen molar-refractivity contribution in [1.29, 1.82) is 0 Å². The van der Waals surface area contributed by atoms with E-state index < -0.39 is 0 Å². The Morgan fingerprint density at radius 2 is 1.68 bits per heavy atom. The van der Waals surface area contributed by atoms with Crippen LogP contribution < -0.4 is 0 Å². The Morgan fingerprint density at radius 1 is 0.893 bits per heavy atom. The number of aryl methyl sites for hydroxylation is 2. The zero-order chi connectivity index (χ0) is 19.7. The third kappa shape index (κ3) is 3.87. The van der Waals surface area contributed by atoms with Gasteiger partial charge in [0.15, 0.2) is 12.6 Å². The van der Waals surface area contributed by atoms with Gasteiger partial charge in [0.1, 0.15) is 12.2 Å². The molecule has 150 valence electrons. The molecule has 4 nitrogen and oxygen atoms in total. The number of hydrogen-bond donors (Lipinski definition) is 0. The lowest BCUT2D eigenvalue weighted by atomic mass is 9.92. The van der Waals surface area contributed by atoms with Crippen LogP contribution in [0.15, 0.2) is 48.5 Å². The Morgan fingerprint density at radius 3 is 2.39 bits per heavy atom. The molecule has 0 bridgehead atoms. The molecule has 4 rings (SSSR count). The number of hydrogen-bond acceptors (Lipinski definition) is 4. The highest BCUT2D eigenvalue weighted by Gasteiger charge is 2.47. The van der Waals surface area contributed by atoms with E-state index in [1.54, 1.807) is 0 Å². The molecular formula is C24H30O4. The SMILES string of the molecule is CCC(C)C1OC(c2ccc(C)c(C)c2)OC2COC(c3ccccc3)OC21. The van der Waals surface area contributed by atoms with E-state index in [2.05, 4.69) is 45.9 Å². The summed E-state index contributed by atoms with van der Waals surface area (Å²) in [5.74, 6) is 0.361. The predicted molar refractivity (Wildman–Crippen MR) is 108 cm³/mol. The van der Waals surface area contributed by atoms with Crippen LogP contribution in [0.3, 0.4) is 0 Å². The number of rotatable bonds is 4. The molecular weight excluding hydrogens is 352 g/mol. The Bertz CT molecular complexity index is 790. The van der Waals surface area contributed by atoms with Gasteiger partial charge < -0.3 is 18.9 Å². The lowest BCUT2D eigenvalue weighted by Crippen LogP contribution is -2.56. The van der Waals surface area contributed by atoms with Crippen molar-refractivity contribution < 1.29 is 18.9 Å². The first-order chi connectivity index (χ1) is 13.6. The first-order valence-electron chi connectivity index (χ1n) is 10.3. The molecule has 2 aromatic carbocycles. The van der Waals surface area contributed by atoms with Crippen LogP contribution in [0, 0.1) is 19.8 Å². The van der Waals surface area contributed by atoms with Crippen molar-refractivity contribution in [3.05, 3.63) is 70.8 Å². The van der Waals surface area contributed by atoms with Crippen LogP contribution in [0.5, 0.6) is 0 Å². The highest BCUT2D eigenvalue weighted by molar-refractivity contribution is 5.30. The maximum Gasteiger partial charge on any atom is 0.184 e. The predicted octanol–water partition coefficient (Wildman–Crippen LogP) is 5.25. The van der Waals surface area contributed by atoms with Crippen LogP contribution in [0.4, 0.5) is 0 Å². The van der Waals surface area contributed by atoms with Crippen molar-refractivity contribution >= 4 is 0 Å². The number of ether oxygens (including phenoxy) is 4. The Balaban J connectivity index is 1.57. The van der Waals surface area contributed by atoms with Gasteiger partial charge in [0.25, 0.3) is 0 Å². The molecule has 6 atom stereocenters. The smallest absolute Gasteiger partial charge is 0.184 e. The molecule has 4 heteroatoms.